The topological polar surface area (TPSA) is 56.3 Å². The van der Waals surface area contributed by atoms with Gasteiger partial charge in [-0.25, -0.2) is 9.97 Å². The van der Waals surface area contributed by atoms with Crippen LogP contribution in [-0.4, -0.2) is 35.0 Å². The number of rotatable bonds is 4. The van der Waals surface area contributed by atoms with E-state index in [-0.39, 0.29) is 6.10 Å². The first kappa shape index (κ1) is 11.4. The number of ether oxygens (including phenoxy) is 2. The molecule has 1 saturated heterocycles. The number of hydrogen-bond donors (Lipinski definition) is 1. The third-order valence-corrected chi connectivity index (χ3v) is 2.39. The molecule has 2 rings (SSSR count). The maximum Gasteiger partial charge on any atom is 0.163 e. The van der Waals surface area contributed by atoms with Crippen molar-refractivity contribution in [1.29, 1.82) is 0 Å². The number of aromatic nitrogens is 2. The van der Waals surface area contributed by atoms with E-state index in [1.54, 1.807) is 12.5 Å². The minimum absolute atomic E-state index is 0.122. The van der Waals surface area contributed by atoms with E-state index in [1.807, 2.05) is 19.9 Å². The lowest BCUT2D eigenvalue weighted by molar-refractivity contribution is -0.137. The quantitative estimate of drug-likeness (QED) is 0.815. The molecule has 1 aromatic heterocycles. The molecule has 1 atom stereocenters. The average Bonchev–Trinajstić information content (AvgIpc) is 2.60. The fourth-order valence-electron chi connectivity index (χ4n) is 1.65. The summed E-state index contributed by atoms with van der Waals surface area (Å²) in [6, 6.07) is 1.89. The van der Waals surface area contributed by atoms with Crippen molar-refractivity contribution in [3.63, 3.8) is 0 Å². The lowest BCUT2D eigenvalue weighted by Gasteiger charge is -2.17. The second kappa shape index (κ2) is 4.86. The summed E-state index contributed by atoms with van der Waals surface area (Å²) in [5, 5.41) is 3.29. The highest BCUT2D eigenvalue weighted by Gasteiger charge is 2.32. The molecule has 0 aromatic carbocycles. The molecule has 1 fully saturated rings. The molecule has 0 spiro atoms. The summed E-state index contributed by atoms with van der Waals surface area (Å²) in [6.07, 6.45) is 3.41. The molecular weight excluding hydrogens is 206 g/mol. The Morgan fingerprint density at radius 2 is 2.44 bits per heavy atom. The highest BCUT2D eigenvalue weighted by Crippen LogP contribution is 2.21. The van der Waals surface area contributed by atoms with Gasteiger partial charge in [0.25, 0.3) is 0 Å². The van der Waals surface area contributed by atoms with Crippen LogP contribution in [0.5, 0.6) is 0 Å². The van der Waals surface area contributed by atoms with Crippen molar-refractivity contribution in [3.05, 3.63) is 24.3 Å². The SMILES string of the molecule is CC1(C)OCC(CNCc2ccncn2)O1. The zero-order valence-corrected chi connectivity index (χ0v) is 9.64. The van der Waals surface area contributed by atoms with Gasteiger partial charge in [-0.1, -0.05) is 0 Å². The smallest absolute Gasteiger partial charge is 0.163 e. The van der Waals surface area contributed by atoms with E-state index in [0.717, 1.165) is 18.8 Å². The third-order valence-electron chi connectivity index (χ3n) is 2.39. The molecule has 1 N–H and O–H groups in total. The van der Waals surface area contributed by atoms with Crippen LogP contribution in [0.3, 0.4) is 0 Å². The van der Waals surface area contributed by atoms with Crippen molar-refractivity contribution in [2.45, 2.75) is 32.3 Å². The first-order chi connectivity index (χ1) is 7.66. The number of nitrogens with zero attached hydrogens (tertiary/aromatic N) is 2. The average molecular weight is 223 g/mol. The summed E-state index contributed by atoms with van der Waals surface area (Å²) < 4.78 is 11.1. The van der Waals surface area contributed by atoms with Crippen LogP contribution in [0.15, 0.2) is 18.6 Å². The summed E-state index contributed by atoms with van der Waals surface area (Å²) in [6.45, 7) is 5.99. The molecule has 5 heteroatoms. The monoisotopic (exact) mass is 223 g/mol. The molecule has 2 heterocycles. The third kappa shape index (κ3) is 3.23. The first-order valence-electron chi connectivity index (χ1n) is 5.43. The predicted molar refractivity (Wildman–Crippen MR) is 58.6 cm³/mol. The minimum Gasteiger partial charge on any atom is -0.348 e. The molecule has 1 aliphatic rings. The normalized spacial score (nSPS) is 23.5. The fraction of sp³-hybridized carbons (Fsp3) is 0.636. The second-order valence-electron chi connectivity index (χ2n) is 4.28. The van der Waals surface area contributed by atoms with E-state index in [0.29, 0.717) is 6.61 Å². The molecule has 1 unspecified atom stereocenters. The summed E-state index contributed by atoms with van der Waals surface area (Å²) >= 11 is 0. The predicted octanol–water partition coefficient (Wildman–Crippen LogP) is 0.718. The Morgan fingerprint density at radius 3 is 3.06 bits per heavy atom. The summed E-state index contributed by atoms with van der Waals surface area (Å²) in [5.41, 5.74) is 0.980. The molecular formula is C11H17N3O2. The molecule has 1 aromatic rings. The highest BCUT2D eigenvalue weighted by molar-refractivity contribution is 4.96. The van der Waals surface area contributed by atoms with Gasteiger partial charge in [0, 0.05) is 19.3 Å². The number of nitrogens with one attached hydrogen (secondary N) is 1. The van der Waals surface area contributed by atoms with Crippen molar-refractivity contribution in [2.75, 3.05) is 13.2 Å². The Kier molecular flexibility index (Phi) is 3.48. The van der Waals surface area contributed by atoms with E-state index >= 15 is 0 Å². The van der Waals surface area contributed by atoms with Crippen LogP contribution in [0.4, 0.5) is 0 Å². The molecule has 0 bridgehead atoms. The molecule has 0 radical (unpaired) electrons. The van der Waals surface area contributed by atoms with Crippen LogP contribution in [0.2, 0.25) is 0 Å². The molecule has 0 saturated carbocycles. The fourth-order valence-corrected chi connectivity index (χ4v) is 1.65. The van der Waals surface area contributed by atoms with Crippen molar-refractivity contribution in [1.82, 2.24) is 15.3 Å². The van der Waals surface area contributed by atoms with E-state index in [4.69, 9.17) is 9.47 Å². The van der Waals surface area contributed by atoms with Crippen molar-refractivity contribution < 1.29 is 9.47 Å². The van der Waals surface area contributed by atoms with Gasteiger partial charge in [0.15, 0.2) is 5.79 Å². The molecule has 0 amide bonds. The van der Waals surface area contributed by atoms with Crippen LogP contribution < -0.4 is 5.32 Å². The minimum atomic E-state index is -0.443. The Labute approximate surface area is 95.2 Å². The van der Waals surface area contributed by atoms with Crippen LogP contribution in [0.25, 0.3) is 0 Å². The van der Waals surface area contributed by atoms with Crippen LogP contribution >= 0.6 is 0 Å². The molecule has 88 valence electrons. The maximum atomic E-state index is 5.67. The van der Waals surface area contributed by atoms with Gasteiger partial charge in [-0.05, 0) is 19.9 Å². The van der Waals surface area contributed by atoms with E-state index in [2.05, 4.69) is 15.3 Å². The van der Waals surface area contributed by atoms with Crippen molar-refractivity contribution in [3.8, 4) is 0 Å². The molecule has 5 nitrogen and oxygen atoms in total. The number of hydrogen-bond acceptors (Lipinski definition) is 5. The second-order valence-corrected chi connectivity index (χ2v) is 4.28. The standard InChI is InChI=1S/C11H17N3O2/c1-11(2)15-7-10(16-11)6-13-5-9-3-4-12-8-14-9/h3-4,8,10,13H,5-7H2,1-2H3. The van der Waals surface area contributed by atoms with E-state index < -0.39 is 5.79 Å². The summed E-state index contributed by atoms with van der Waals surface area (Å²) in [4.78, 5) is 7.99. The van der Waals surface area contributed by atoms with Crippen LogP contribution in [-0.2, 0) is 16.0 Å². The molecule has 0 aliphatic carbocycles. The highest BCUT2D eigenvalue weighted by atomic mass is 16.7. The van der Waals surface area contributed by atoms with Crippen LogP contribution in [0.1, 0.15) is 19.5 Å². The van der Waals surface area contributed by atoms with Crippen molar-refractivity contribution in [2.24, 2.45) is 0 Å². The Bertz CT molecular complexity index is 329. The Morgan fingerprint density at radius 1 is 1.56 bits per heavy atom. The largest absolute Gasteiger partial charge is 0.348 e. The summed E-state index contributed by atoms with van der Waals surface area (Å²) in [7, 11) is 0. The van der Waals surface area contributed by atoms with E-state index in [9.17, 15) is 0 Å². The Hall–Kier alpha value is -1.04. The lowest BCUT2D eigenvalue weighted by atomic mass is 10.3. The first-order valence-corrected chi connectivity index (χ1v) is 5.43. The van der Waals surface area contributed by atoms with Gasteiger partial charge in [0.2, 0.25) is 0 Å². The van der Waals surface area contributed by atoms with Crippen LogP contribution in [0, 0.1) is 0 Å². The van der Waals surface area contributed by atoms with Gasteiger partial charge in [0.1, 0.15) is 6.33 Å². The maximum absolute atomic E-state index is 5.67. The zero-order valence-electron chi connectivity index (χ0n) is 9.64. The van der Waals surface area contributed by atoms with Gasteiger partial charge in [0.05, 0.1) is 18.4 Å². The lowest BCUT2D eigenvalue weighted by Crippen LogP contribution is -2.30. The van der Waals surface area contributed by atoms with Gasteiger partial charge in [-0.15, -0.1) is 0 Å². The summed E-state index contributed by atoms with van der Waals surface area (Å²) in [5.74, 6) is -0.443. The van der Waals surface area contributed by atoms with Gasteiger partial charge < -0.3 is 14.8 Å². The van der Waals surface area contributed by atoms with Crippen molar-refractivity contribution >= 4 is 0 Å². The molecule has 16 heavy (non-hydrogen) atoms. The molecule has 1 aliphatic heterocycles. The van der Waals surface area contributed by atoms with E-state index in [1.165, 1.54) is 0 Å². The van der Waals surface area contributed by atoms with Gasteiger partial charge in [-0.2, -0.15) is 0 Å². The zero-order chi connectivity index (χ0) is 11.4. The van der Waals surface area contributed by atoms with Gasteiger partial charge in [-0.3, -0.25) is 0 Å². The Balaban J connectivity index is 1.70. The van der Waals surface area contributed by atoms with Gasteiger partial charge >= 0.3 is 0 Å².